The van der Waals surface area contributed by atoms with Crippen molar-refractivity contribution in [3.63, 3.8) is 0 Å². The Morgan fingerprint density at radius 2 is 1.49 bits per heavy atom. The molecule has 7 heteroatoms. The maximum atomic E-state index is 14.2. The fourth-order valence-corrected chi connectivity index (χ4v) is 6.52. The molecule has 7 nitrogen and oxygen atoms in total. The number of nitrogens with one attached hydrogen (secondary N) is 2. The van der Waals surface area contributed by atoms with Crippen molar-refractivity contribution in [2.75, 3.05) is 12.3 Å². The van der Waals surface area contributed by atoms with E-state index < -0.39 is 11.5 Å². The van der Waals surface area contributed by atoms with E-state index in [2.05, 4.69) is 15.6 Å². The van der Waals surface area contributed by atoms with Gasteiger partial charge in [0.25, 0.3) is 0 Å². The standard InChI is InChI=1S/C30H43N5O2/c31-26(18-22-10-4-1-5-11-22)28(36)35-21-30(24-12-6-2-7-13-24,25-14-8-3-9-15-25)29(37)34-20-23-16-17-27(32)33-19-23/h1,4-5,10-11,16-17,19,24-26H,2-3,6-9,12-15,18,20-21,31H2,(H2,32,33)(H,34,37)(H,35,36)/t26-/m0/s1. The van der Waals surface area contributed by atoms with Crippen molar-refractivity contribution in [3.05, 3.63) is 59.8 Å². The molecule has 1 aromatic carbocycles. The lowest BCUT2D eigenvalue weighted by atomic mass is 9.58. The van der Waals surface area contributed by atoms with Crippen LogP contribution in [0.25, 0.3) is 0 Å². The minimum Gasteiger partial charge on any atom is -0.384 e. The number of anilines is 1. The topological polar surface area (TPSA) is 123 Å². The van der Waals surface area contributed by atoms with E-state index in [1.54, 1.807) is 12.3 Å². The molecule has 1 atom stereocenters. The molecule has 0 aliphatic heterocycles. The van der Waals surface area contributed by atoms with Gasteiger partial charge in [-0.05, 0) is 61.1 Å². The van der Waals surface area contributed by atoms with Gasteiger partial charge in [0.15, 0.2) is 0 Å². The lowest BCUT2D eigenvalue weighted by Crippen LogP contribution is -2.58. The van der Waals surface area contributed by atoms with Crippen molar-refractivity contribution < 1.29 is 9.59 Å². The van der Waals surface area contributed by atoms with Crippen LogP contribution in [0.15, 0.2) is 48.7 Å². The fraction of sp³-hybridized carbons (Fsp3) is 0.567. The second-order valence-electron chi connectivity index (χ2n) is 11.0. The lowest BCUT2D eigenvalue weighted by Gasteiger charge is -2.48. The van der Waals surface area contributed by atoms with Gasteiger partial charge in [-0.1, -0.05) is 74.9 Å². The number of nitrogens with zero attached hydrogens (tertiary/aromatic N) is 1. The molecule has 4 rings (SSSR count). The molecule has 0 saturated heterocycles. The number of aromatic nitrogens is 1. The lowest BCUT2D eigenvalue weighted by molar-refractivity contribution is -0.142. The van der Waals surface area contributed by atoms with E-state index in [1.807, 2.05) is 36.4 Å². The quantitative estimate of drug-likeness (QED) is 0.387. The summed E-state index contributed by atoms with van der Waals surface area (Å²) in [5.41, 5.74) is 13.4. The largest absolute Gasteiger partial charge is 0.384 e. The van der Waals surface area contributed by atoms with E-state index in [0.717, 1.165) is 62.5 Å². The van der Waals surface area contributed by atoms with Gasteiger partial charge in [-0.15, -0.1) is 0 Å². The maximum Gasteiger partial charge on any atom is 0.237 e. The van der Waals surface area contributed by atoms with Gasteiger partial charge in [0, 0.05) is 19.3 Å². The Bertz CT molecular complexity index is 980. The van der Waals surface area contributed by atoms with Crippen molar-refractivity contribution in [1.29, 1.82) is 0 Å². The van der Waals surface area contributed by atoms with Gasteiger partial charge in [0.05, 0.1) is 11.5 Å². The van der Waals surface area contributed by atoms with Crippen LogP contribution >= 0.6 is 0 Å². The number of nitrogen functional groups attached to an aromatic ring is 1. The molecule has 0 unspecified atom stereocenters. The van der Waals surface area contributed by atoms with Gasteiger partial charge in [-0.25, -0.2) is 4.98 Å². The molecule has 2 aliphatic carbocycles. The summed E-state index contributed by atoms with van der Waals surface area (Å²) in [6.45, 7) is 0.740. The zero-order chi connectivity index (χ0) is 26.1. The van der Waals surface area contributed by atoms with Crippen molar-refractivity contribution >= 4 is 17.6 Å². The maximum absolute atomic E-state index is 14.2. The summed E-state index contributed by atoms with van der Waals surface area (Å²) in [6.07, 6.45) is 13.3. The summed E-state index contributed by atoms with van der Waals surface area (Å²) in [4.78, 5) is 31.6. The van der Waals surface area contributed by atoms with Crippen LogP contribution in [0.5, 0.6) is 0 Å². The number of rotatable bonds is 10. The molecule has 2 fully saturated rings. The molecule has 2 saturated carbocycles. The first-order chi connectivity index (χ1) is 18.0. The molecule has 2 aliphatic rings. The van der Waals surface area contributed by atoms with Gasteiger partial charge in [0.2, 0.25) is 11.8 Å². The van der Waals surface area contributed by atoms with Crippen LogP contribution in [-0.4, -0.2) is 29.4 Å². The van der Waals surface area contributed by atoms with Crippen LogP contribution in [0.3, 0.4) is 0 Å². The highest BCUT2D eigenvalue weighted by atomic mass is 16.2. The number of hydrogen-bond donors (Lipinski definition) is 4. The highest BCUT2D eigenvalue weighted by molar-refractivity contribution is 5.86. The minimum absolute atomic E-state index is 0.0556. The Labute approximate surface area is 221 Å². The molecule has 2 amide bonds. The molecule has 0 bridgehead atoms. The molecule has 6 N–H and O–H groups in total. The number of carbonyl (C=O) groups excluding carboxylic acids is 2. The van der Waals surface area contributed by atoms with Crippen LogP contribution in [-0.2, 0) is 22.6 Å². The Morgan fingerprint density at radius 1 is 0.865 bits per heavy atom. The van der Waals surface area contributed by atoms with Crippen LogP contribution in [0.4, 0.5) is 5.82 Å². The molecule has 200 valence electrons. The van der Waals surface area contributed by atoms with Crippen LogP contribution < -0.4 is 22.1 Å². The molecular weight excluding hydrogens is 462 g/mol. The first-order valence-electron chi connectivity index (χ1n) is 14.0. The third-order valence-corrected chi connectivity index (χ3v) is 8.58. The van der Waals surface area contributed by atoms with E-state index in [9.17, 15) is 9.59 Å². The second-order valence-corrected chi connectivity index (χ2v) is 11.0. The van der Waals surface area contributed by atoms with Gasteiger partial charge >= 0.3 is 0 Å². The summed E-state index contributed by atoms with van der Waals surface area (Å²) in [5, 5.41) is 6.42. The molecule has 1 heterocycles. The summed E-state index contributed by atoms with van der Waals surface area (Å²) in [6, 6.07) is 12.8. The molecule has 2 aromatic rings. The van der Waals surface area contributed by atoms with Crippen LogP contribution in [0.2, 0.25) is 0 Å². The molecule has 1 aromatic heterocycles. The first-order valence-corrected chi connectivity index (χ1v) is 14.0. The SMILES string of the molecule is Nc1ccc(CNC(=O)C(CNC(=O)[C@@H](N)Cc2ccccc2)(C2CCCCC2)C2CCCCC2)cn1. The molecule has 0 spiro atoms. The Morgan fingerprint density at radius 3 is 2.05 bits per heavy atom. The zero-order valence-corrected chi connectivity index (χ0v) is 22.0. The second kappa shape index (κ2) is 13.0. The van der Waals surface area contributed by atoms with Crippen molar-refractivity contribution in [2.24, 2.45) is 23.0 Å². The normalized spacial score (nSPS) is 18.2. The monoisotopic (exact) mass is 505 g/mol. The average molecular weight is 506 g/mol. The highest BCUT2D eigenvalue weighted by Crippen LogP contribution is 2.49. The van der Waals surface area contributed by atoms with E-state index in [0.29, 0.717) is 25.3 Å². The fourth-order valence-electron chi connectivity index (χ4n) is 6.52. The minimum atomic E-state index is -0.651. The predicted molar refractivity (Wildman–Crippen MR) is 147 cm³/mol. The molecule has 37 heavy (non-hydrogen) atoms. The van der Waals surface area contributed by atoms with Gasteiger partial charge in [-0.2, -0.15) is 0 Å². The Hall–Kier alpha value is -2.93. The van der Waals surface area contributed by atoms with Crippen LogP contribution in [0.1, 0.15) is 75.3 Å². The number of benzene rings is 1. The van der Waals surface area contributed by atoms with E-state index in [-0.39, 0.29) is 23.7 Å². The van der Waals surface area contributed by atoms with Crippen molar-refractivity contribution in [1.82, 2.24) is 15.6 Å². The number of pyridine rings is 1. The number of nitrogens with two attached hydrogens (primary N) is 2. The summed E-state index contributed by atoms with van der Waals surface area (Å²) >= 11 is 0. The zero-order valence-electron chi connectivity index (χ0n) is 22.0. The van der Waals surface area contributed by atoms with E-state index in [1.165, 1.54) is 12.8 Å². The predicted octanol–water partition coefficient (Wildman–Crippen LogP) is 4.11. The van der Waals surface area contributed by atoms with Crippen molar-refractivity contribution in [2.45, 2.75) is 83.2 Å². The Balaban J connectivity index is 1.55. The summed E-state index contributed by atoms with van der Waals surface area (Å²) < 4.78 is 0. The molecular formula is C30H43N5O2. The number of carbonyl (C=O) groups is 2. The number of hydrogen-bond acceptors (Lipinski definition) is 5. The van der Waals surface area contributed by atoms with E-state index >= 15 is 0 Å². The summed E-state index contributed by atoms with van der Waals surface area (Å²) in [7, 11) is 0. The molecule has 0 radical (unpaired) electrons. The highest BCUT2D eigenvalue weighted by Gasteiger charge is 2.51. The third-order valence-electron chi connectivity index (χ3n) is 8.58. The van der Waals surface area contributed by atoms with Crippen LogP contribution in [0, 0.1) is 17.3 Å². The van der Waals surface area contributed by atoms with Gasteiger partial charge in [0.1, 0.15) is 5.82 Å². The Kier molecular flexibility index (Phi) is 9.56. The van der Waals surface area contributed by atoms with E-state index in [4.69, 9.17) is 11.5 Å². The number of amides is 2. The van der Waals surface area contributed by atoms with Gasteiger partial charge < -0.3 is 22.1 Å². The average Bonchev–Trinajstić information content (AvgIpc) is 2.94. The van der Waals surface area contributed by atoms with Gasteiger partial charge in [-0.3, -0.25) is 9.59 Å². The summed E-state index contributed by atoms with van der Waals surface area (Å²) in [5.74, 6) is 0.831. The van der Waals surface area contributed by atoms with Crippen molar-refractivity contribution in [3.8, 4) is 0 Å². The smallest absolute Gasteiger partial charge is 0.237 e. The first kappa shape index (κ1) is 27.1. The third kappa shape index (κ3) is 6.89.